The fourth-order valence-electron chi connectivity index (χ4n) is 3.08. The fourth-order valence-corrected chi connectivity index (χ4v) is 4.79. The van der Waals surface area contributed by atoms with E-state index < -0.39 is 0 Å². The third-order valence-corrected chi connectivity index (χ3v) is 6.30. The molecular weight excluding hydrogens is 354 g/mol. The van der Waals surface area contributed by atoms with Crippen LogP contribution in [-0.4, -0.2) is 16.8 Å². The van der Waals surface area contributed by atoms with Crippen LogP contribution in [0, 0.1) is 5.92 Å². The van der Waals surface area contributed by atoms with Crippen LogP contribution in [0.2, 0.25) is 0 Å². The molecule has 1 aliphatic rings. The Balaban J connectivity index is 1.51. The molecule has 2 aromatic rings. The van der Waals surface area contributed by atoms with Gasteiger partial charge in [0.1, 0.15) is 0 Å². The molecule has 7 heteroatoms. The van der Waals surface area contributed by atoms with Crippen LogP contribution >= 0.6 is 22.7 Å². The minimum atomic E-state index is -0.0359. The summed E-state index contributed by atoms with van der Waals surface area (Å²) in [5.41, 5.74) is 0.871. The van der Waals surface area contributed by atoms with E-state index in [4.69, 9.17) is 0 Å². The number of anilines is 1. The van der Waals surface area contributed by atoms with Gasteiger partial charge in [0.2, 0.25) is 11.8 Å². The highest BCUT2D eigenvalue weighted by molar-refractivity contribution is 7.17. The number of nitrogens with one attached hydrogen (secondary N) is 2. The van der Waals surface area contributed by atoms with Crippen LogP contribution in [0.5, 0.6) is 0 Å². The zero-order valence-corrected chi connectivity index (χ0v) is 16.0. The summed E-state index contributed by atoms with van der Waals surface area (Å²) in [5, 5.41) is 8.33. The van der Waals surface area contributed by atoms with Gasteiger partial charge in [-0.1, -0.05) is 25.7 Å². The Morgan fingerprint density at radius 2 is 2.08 bits per heavy atom. The van der Waals surface area contributed by atoms with Crippen molar-refractivity contribution in [2.24, 2.45) is 5.92 Å². The normalized spacial score (nSPS) is 14.6. The minimum Gasteiger partial charge on any atom is -0.351 e. The number of carbonyl (C=O) groups is 2. The molecule has 0 unspecified atom stereocenters. The van der Waals surface area contributed by atoms with Crippen molar-refractivity contribution in [2.75, 3.05) is 5.32 Å². The Morgan fingerprint density at radius 3 is 2.84 bits per heavy atom. The largest absolute Gasteiger partial charge is 0.351 e. The van der Waals surface area contributed by atoms with Crippen molar-refractivity contribution in [1.29, 1.82) is 0 Å². The molecule has 1 saturated carbocycles. The van der Waals surface area contributed by atoms with Gasteiger partial charge < -0.3 is 10.6 Å². The van der Waals surface area contributed by atoms with Crippen LogP contribution in [0.4, 0.5) is 5.13 Å². The van der Waals surface area contributed by atoms with E-state index in [1.54, 1.807) is 11.3 Å². The maximum absolute atomic E-state index is 12.1. The molecule has 0 atom stereocenters. The maximum atomic E-state index is 12.1. The van der Waals surface area contributed by atoms with Crippen molar-refractivity contribution < 1.29 is 9.59 Å². The van der Waals surface area contributed by atoms with Crippen molar-refractivity contribution in [1.82, 2.24) is 10.3 Å². The number of carbonyl (C=O) groups excluding carboxylic acids is 2. The van der Waals surface area contributed by atoms with Gasteiger partial charge in [0, 0.05) is 23.6 Å². The summed E-state index contributed by atoms with van der Waals surface area (Å²) in [5.74, 6) is 0.752. The van der Waals surface area contributed by atoms with Gasteiger partial charge in [0.25, 0.3) is 0 Å². The third kappa shape index (κ3) is 5.37. The van der Waals surface area contributed by atoms with Crippen molar-refractivity contribution in [3.05, 3.63) is 22.4 Å². The van der Waals surface area contributed by atoms with E-state index >= 15 is 0 Å². The van der Waals surface area contributed by atoms with Crippen LogP contribution in [0.25, 0.3) is 10.6 Å². The van der Waals surface area contributed by atoms with E-state index in [2.05, 4.69) is 15.6 Å². The molecule has 0 radical (unpaired) electrons. The first-order valence-corrected chi connectivity index (χ1v) is 10.4. The summed E-state index contributed by atoms with van der Waals surface area (Å²) in [6.07, 6.45) is 6.74. The topological polar surface area (TPSA) is 71.1 Å². The molecule has 3 rings (SSSR count). The molecule has 2 heterocycles. The van der Waals surface area contributed by atoms with Crippen molar-refractivity contribution >= 4 is 39.6 Å². The van der Waals surface area contributed by atoms with E-state index in [0.29, 0.717) is 18.1 Å². The Hall–Kier alpha value is -1.73. The van der Waals surface area contributed by atoms with Gasteiger partial charge in [-0.3, -0.25) is 9.59 Å². The average Bonchev–Trinajstić information content (AvgIpc) is 3.32. The van der Waals surface area contributed by atoms with Crippen LogP contribution in [-0.2, 0) is 16.1 Å². The number of hydrogen-bond acceptors (Lipinski definition) is 5. The zero-order valence-electron chi connectivity index (χ0n) is 14.3. The number of rotatable bonds is 7. The molecule has 0 aliphatic heterocycles. The molecule has 0 bridgehead atoms. The second-order valence-corrected chi connectivity index (χ2v) is 8.48. The van der Waals surface area contributed by atoms with Crippen molar-refractivity contribution in [3.8, 4) is 10.6 Å². The van der Waals surface area contributed by atoms with Crippen LogP contribution in [0.1, 0.15) is 50.3 Å². The first-order valence-electron chi connectivity index (χ1n) is 8.69. The average molecular weight is 378 g/mol. The first kappa shape index (κ1) is 18.1. The monoisotopic (exact) mass is 377 g/mol. The first-order chi connectivity index (χ1) is 12.1. The molecule has 1 fully saturated rings. The lowest BCUT2D eigenvalue weighted by molar-refractivity contribution is -0.119. The Morgan fingerprint density at radius 1 is 1.28 bits per heavy atom. The molecule has 0 aromatic carbocycles. The van der Waals surface area contributed by atoms with E-state index in [9.17, 15) is 9.59 Å². The van der Waals surface area contributed by atoms with Gasteiger partial charge in [-0.05, 0) is 24.5 Å². The fraction of sp³-hybridized carbons (Fsp3) is 0.500. The molecule has 5 nitrogen and oxygen atoms in total. The van der Waals surface area contributed by atoms with Gasteiger partial charge in [-0.2, -0.15) is 0 Å². The van der Waals surface area contributed by atoms with Crippen molar-refractivity contribution in [2.45, 2.75) is 52.0 Å². The molecule has 0 saturated heterocycles. The molecule has 1 aliphatic carbocycles. The minimum absolute atomic E-state index is 0.0359. The number of thiophene rings is 1. The Labute approximate surface area is 155 Å². The summed E-state index contributed by atoms with van der Waals surface area (Å²) >= 11 is 3.06. The van der Waals surface area contributed by atoms with Gasteiger partial charge in [0.15, 0.2) is 5.13 Å². The lowest BCUT2D eigenvalue weighted by atomic mass is 10.0. The molecule has 2 aromatic heterocycles. The highest BCUT2D eigenvalue weighted by Crippen LogP contribution is 2.31. The standard InChI is InChI=1S/C18H23N3O2S2/c1-12(22)19-10-14-7-8-16(25-14)15-11-24-18(20-15)21-17(23)9-6-13-4-2-3-5-13/h7-8,11,13H,2-6,9-10H2,1H3,(H,19,22)(H,20,21,23). The van der Waals surface area contributed by atoms with E-state index in [1.165, 1.54) is 43.9 Å². The van der Waals surface area contributed by atoms with Crippen molar-refractivity contribution in [3.63, 3.8) is 0 Å². The van der Waals surface area contributed by atoms with Gasteiger partial charge in [-0.15, -0.1) is 22.7 Å². The van der Waals surface area contributed by atoms with E-state index in [-0.39, 0.29) is 11.8 Å². The maximum Gasteiger partial charge on any atom is 0.226 e. The number of hydrogen-bond donors (Lipinski definition) is 2. The van der Waals surface area contributed by atoms with E-state index in [1.807, 2.05) is 17.5 Å². The smallest absolute Gasteiger partial charge is 0.226 e. The summed E-state index contributed by atoms with van der Waals surface area (Å²) < 4.78 is 0. The second-order valence-electron chi connectivity index (χ2n) is 6.45. The predicted molar refractivity (Wildman–Crippen MR) is 103 cm³/mol. The Kier molecular flexibility index (Phi) is 6.20. The van der Waals surface area contributed by atoms with Crippen LogP contribution in [0.15, 0.2) is 17.5 Å². The quantitative estimate of drug-likeness (QED) is 0.750. The number of nitrogens with zero attached hydrogens (tertiary/aromatic N) is 1. The van der Waals surface area contributed by atoms with Gasteiger partial charge in [-0.25, -0.2) is 4.98 Å². The summed E-state index contributed by atoms with van der Waals surface area (Å²) in [7, 11) is 0. The van der Waals surface area contributed by atoms with Gasteiger partial charge in [0.05, 0.1) is 17.1 Å². The summed E-state index contributed by atoms with van der Waals surface area (Å²) in [4.78, 5) is 29.7. The third-order valence-electron chi connectivity index (χ3n) is 4.43. The number of amides is 2. The lowest BCUT2D eigenvalue weighted by Gasteiger charge is -2.07. The Bertz CT molecular complexity index is 732. The second kappa shape index (κ2) is 8.58. The number of thiazole rings is 1. The van der Waals surface area contributed by atoms with E-state index in [0.717, 1.165) is 27.8 Å². The SMILES string of the molecule is CC(=O)NCc1ccc(-c2csc(NC(=O)CCC3CCCC3)n2)s1. The number of aromatic nitrogens is 1. The van der Waals surface area contributed by atoms with Crippen LogP contribution in [0.3, 0.4) is 0 Å². The zero-order chi connectivity index (χ0) is 17.6. The molecular formula is C18H23N3O2S2. The lowest BCUT2D eigenvalue weighted by Crippen LogP contribution is -2.17. The predicted octanol–water partition coefficient (Wildman–Crippen LogP) is 4.42. The highest BCUT2D eigenvalue weighted by atomic mass is 32.1. The molecule has 134 valence electrons. The van der Waals surface area contributed by atoms with Crippen LogP contribution < -0.4 is 10.6 Å². The molecule has 2 N–H and O–H groups in total. The molecule has 0 spiro atoms. The highest BCUT2D eigenvalue weighted by Gasteiger charge is 2.17. The summed E-state index contributed by atoms with van der Waals surface area (Å²) in [6.45, 7) is 2.05. The summed E-state index contributed by atoms with van der Waals surface area (Å²) in [6, 6.07) is 4.00. The molecule has 2 amide bonds. The van der Waals surface area contributed by atoms with Gasteiger partial charge >= 0.3 is 0 Å². The molecule has 25 heavy (non-hydrogen) atoms.